The first-order valence-corrected chi connectivity index (χ1v) is 6.33. The predicted molar refractivity (Wildman–Crippen MR) is 71.9 cm³/mol. The fourth-order valence-electron chi connectivity index (χ4n) is 1.51. The summed E-state index contributed by atoms with van der Waals surface area (Å²) >= 11 is 0.633. The summed E-state index contributed by atoms with van der Waals surface area (Å²) in [6.45, 7) is 0. The summed E-state index contributed by atoms with van der Waals surface area (Å²) in [5, 5.41) is 11.6. The van der Waals surface area contributed by atoms with Gasteiger partial charge >= 0.3 is 6.18 Å². The van der Waals surface area contributed by atoms with Gasteiger partial charge in [-0.1, -0.05) is 17.3 Å². The fourth-order valence-corrected chi connectivity index (χ4v) is 2.18. The molecule has 0 spiro atoms. The number of rotatable bonds is 3. The van der Waals surface area contributed by atoms with Crippen LogP contribution in [0.5, 0.6) is 0 Å². The molecule has 0 amide bonds. The van der Waals surface area contributed by atoms with Crippen LogP contribution in [0.1, 0.15) is 11.4 Å². The molecule has 2 rings (SSSR count). The van der Waals surface area contributed by atoms with Crippen molar-refractivity contribution >= 4 is 28.2 Å². The number of hydrogen-bond donors (Lipinski definition) is 2. The molecule has 0 unspecified atom stereocenters. The number of oxime groups is 1. The lowest BCUT2D eigenvalue weighted by molar-refractivity contribution is -0.144. The number of amidine groups is 1. The summed E-state index contributed by atoms with van der Waals surface area (Å²) in [7, 11) is 1.55. The van der Waals surface area contributed by atoms with E-state index in [1.54, 1.807) is 31.3 Å². The Morgan fingerprint density at radius 1 is 1.43 bits per heavy atom. The van der Waals surface area contributed by atoms with Crippen LogP contribution in [0, 0.1) is 0 Å². The van der Waals surface area contributed by atoms with Gasteiger partial charge in [0.2, 0.25) is 11.0 Å². The summed E-state index contributed by atoms with van der Waals surface area (Å²) in [4.78, 5) is 4.88. The smallest absolute Gasteiger partial charge is 0.409 e. The molecule has 2 aromatic rings. The molecule has 0 aliphatic heterocycles. The summed E-state index contributed by atoms with van der Waals surface area (Å²) < 4.78 is 40.7. The lowest BCUT2D eigenvalue weighted by Crippen LogP contribution is -2.15. The number of alkyl halides is 3. The van der Waals surface area contributed by atoms with Crippen LogP contribution in [0.25, 0.3) is 0 Å². The van der Waals surface area contributed by atoms with E-state index in [4.69, 9.17) is 10.9 Å². The second-order valence-corrected chi connectivity index (χ2v) is 4.72. The molecule has 6 nitrogen and oxygen atoms in total. The Hall–Kier alpha value is -2.36. The van der Waals surface area contributed by atoms with Gasteiger partial charge in [0.15, 0.2) is 5.84 Å². The molecule has 1 aromatic heterocycles. The minimum absolute atomic E-state index is 0.0824. The Bertz CT molecular complexity index is 670. The van der Waals surface area contributed by atoms with Crippen LogP contribution in [-0.4, -0.2) is 27.4 Å². The van der Waals surface area contributed by atoms with E-state index in [0.717, 1.165) is 0 Å². The highest BCUT2D eigenvalue weighted by molar-refractivity contribution is 7.09. The Balaban J connectivity index is 2.32. The third-order valence-electron chi connectivity index (χ3n) is 2.59. The zero-order valence-electron chi connectivity index (χ0n) is 10.7. The van der Waals surface area contributed by atoms with Gasteiger partial charge in [-0.15, -0.1) is 0 Å². The van der Waals surface area contributed by atoms with Crippen LogP contribution in [0.3, 0.4) is 0 Å². The van der Waals surface area contributed by atoms with Gasteiger partial charge in [0.05, 0.1) is 0 Å². The van der Waals surface area contributed by atoms with E-state index < -0.39 is 12.0 Å². The van der Waals surface area contributed by atoms with Crippen molar-refractivity contribution in [2.75, 3.05) is 11.9 Å². The standard InChI is InChI=1S/C11H10F3N5OS/c1-19(10-16-9(18-21-10)11(12,13)14)7-4-2-3-6(5-7)8(15)17-20/h2-5,20H,1H3,(H2,15,17). The normalized spacial score (nSPS) is 12.5. The highest BCUT2D eigenvalue weighted by Gasteiger charge is 2.36. The maximum absolute atomic E-state index is 12.5. The van der Waals surface area contributed by atoms with Crippen molar-refractivity contribution in [1.82, 2.24) is 9.36 Å². The molecule has 0 aliphatic carbocycles. The molecule has 0 bridgehead atoms. The van der Waals surface area contributed by atoms with Gasteiger partial charge in [0, 0.05) is 29.8 Å². The molecule has 112 valence electrons. The minimum Gasteiger partial charge on any atom is -0.409 e. The zero-order valence-corrected chi connectivity index (χ0v) is 11.5. The maximum atomic E-state index is 12.5. The van der Waals surface area contributed by atoms with Crippen molar-refractivity contribution in [3.63, 3.8) is 0 Å². The molecule has 0 saturated heterocycles. The topological polar surface area (TPSA) is 87.6 Å². The number of nitrogens with two attached hydrogens (primary N) is 1. The minimum atomic E-state index is -4.58. The second-order valence-electron chi connectivity index (χ2n) is 3.99. The van der Waals surface area contributed by atoms with E-state index in [1.165, 1.54) is 4.90 Å². The van der Waals surface area contributed by atoms with Crippen LogP contribution in [-0.2, 0) is 6.18 Å². The van der Waals surface area contributed by atoms with Gasteiger partial charge in [-0.3, -0.25) is 0 Å². The van der Waals surface area contributed by atoms with Gasteiger partial charge in [0.25, 0.3) is 0 Å². The molecule has 1 heterocycles. The third-order valence-corrected chi connectivity index (χ3v) is 3.39. The SMILES string of the molecule is CN(c1cccc(/C(N)=N/O)c1)c1nc(C(F)(F)F)ns1. The van der Waals surface area contributed by atoms with Crippen LogP contribution in [0.2, 0.25) is 0 Å². The molecule has 3 N–H and O–H groups in total. The van der Waals surface area contributed by atoms with Crippen molar-refractivity contribution < 1.29 is 18.4 Å². The Labute approximate surface area is 121 Å². The lowest BCUT2D eigenvalue weighted by atomic mass is 10.2. The van der Waals surface area contributed by atoms with E-state index in [0.29, 0.717) is 22.8 Å². The van der Waals surface area contributed by atoms with Crippen molar-refractivity contribution in [2.45, 2.75) is 6.18 Å². The summed E-state index contributed by atoms with van der Waals surface area (Å²) in [5.74, 6) is -1.28. The lowest BCUT2D eigenvalue weighted by Gasteiger charge is -2.16. The number of anilines is 2. The van der Waals surface area contributed by atoms with Crippen LogP contribution in [0.15, 0.2) is 29.4 Å². The van der Waals surface area contributed by atoms with Crippen molar-refractivity contribution in [1.29, 1.82) is 0 Å². The van der Waals surface area contributed by atoms with Gasteiger partial charge in [-0.2, -0.15) is 22.5 Å². The zero-order chi connectivity index (χ0) is 15.6. The van der Waals surface area contributed by atoms with Crippen LogP contribution >= 0.6 is 11.5 Å². The van der Waals surface area contributed by atoms with Crippen molar-refractivity contribution in [3.8, 4) is 0 Å². The van der Waals surface area contributed by atoms with Crippen molar-refractivity contribution in [2.24, 2.45) is 10.9 Å². The maximum Gasteiger partial charge on any atom is 0.452 e. The van der Waals surface area contributed by atoms with Gasteiger partial charge in [-0.25, -0.2) is 0 Å². The first-order valence-electron chi connectivity index (χ1n) is 5.55. The molecule has 0 fully saturated rings. The summed E-state index contributed by atoms with van der Waals surface area (Å²) in [6, 6.07) is 6.45. The first-order chi connectivity index (χ1) is 9.82. The number of hydrogen-bond acceptors (Lipinski definition) is 6. The Morgan fingerprint density at radius 3 is 2.71 bits per heavy atom. The summed E-state index contributed by atoms with van der Waals surface area (Å²) in [6.07, 6.45) is -4.58. The molecule has 21 heavy (non-hydrogen) atoms. The number of benzene rings is 1. The molecular formula is C11H10F3N5OS. The average molecular weight is 317 g/mol. The molecule has 0 radical (unpaired) electrons. The van der Waals surface area contributed by atoms with E-state index in [9.17, 15) is 13.2 Å². The van der Waals surface area contributed by atoms with Crippen LogP contribution < -0.4 is 10.6 Å². The number of aromatic nitrogens is 2. The highest BCUT2D eigenvalue weighted by Crippen LogP contribution is 2.32. The Kier molecular flexibility index (Phi) is 3.98. The largest absolute Gasteiger partial charge is 0.452 e. The quantitative estimate of drug-likeness (QED) is 0.393. The number of halogens is 3. The fraction of sp³-hybridized carbons (Fsp3) is 0.182. The second kappa shape index (κ2) is 5.56. The number of nitrogens with zero attached hydrogens (tertiary/aromatic N) is 4. The van der Waals surface area contributed by atoms with E-state index in [1.807, 2.05) is 0 Å². The highest BCUT2D eigenvalue weighted by atomic mass is 32.1. The molecular weight excluding hydrogens is 307 g/mol. The molecule has 0 atom stereocenters. The van der Waals surface area contributed by atoms with Gasteiger partial charge in [0.1, 0.15) is 0 Å². The predicted octanol–water partition coefficient (Wildman–Crippen LogP) is 2.42. The van der Waals surface area contributed by atoms with E-state index >= 15 is 0 Å². The van der Waals surface area contributed by atoms with E-state index in [-0.39, 0.29) is 11.0 Å². The van der Waals surface area contributed by atoms with Gasteiger partial charge in [-0.05, 0) is 12.1 Å². The summed E-state index contributed by atoms with van der Waals surface area (Å²) in [5.41, 5.74) is 6.43. The average Bonchev–Trinajstić information content (AvgIpc) is 2.95. The monoisotopic (exact) mass is 317 g/mol. The molecule has 0 saturated carbocycles. The molecule has 0 aliphatic rings. The van der Waals surface area contributed by atoms with Crippen LogP contribution in [0.4, 0.5) is 24.0 Å². The van der Waals surface area contributed by atoms with Crippen molar-refractivity contribution in [3.05, 3.63) is 35.7 Å². The molecule has 1 aromatic carbocycles. The van der Waals surface area contributed by atoms with E-state index in [2.05, 4.69) is 14.5 Å². The third kappa shape index (κ3) is 3.21. The molecule has 10 heteroatoms. The first kappa shape index (κ1) is 15.0. The Morgan fingerprint density at radius 2 is 2.14 bits per heavy atom. The van der Waals surface area contributed by atoms with Gasteiger partial charge < -0.3 is 15.8 Å².